The first-order chi connectivity index (χ1) is 13.3. The van der Waals surface area contributed by atoms with Crippen molar-refractivity contribution in [2.24, 2.45) is 0 Å². The van der Waals surface area contributed by atoms with Gasteiger partial charge in [-0.1, -0.05) is 12.1 Å². The topological polar surface area (TPSA) is 79.8 Å². The highest BCUT2D eigenvalue weighted by atomic mass is 16.5. The van der Waals surface area contributed by atoms with Crippen molar-refractivity contribution in [3.63, 3.8) is 0 Å². The summed E-state index contributed by atoms with van der Waals surface area (Å²) in [7, 11) is 1.57. The van der Waals surface area contributed by atoms with Crippen molar-refractivity contribution in [2.45, 2.75) is 6.42 Å². The van der Waals surface area contributed by atoms with Crippen LogP contribution in [0.4, 0.5) is 16.3 Å². The number of ether oxygens (including phenoxy) is 2. The molecule has 1 amide bonds. The van der Waals surface area contributed by atoms with Crippen LogP contribution in [-0.2, 0) is 4.74 Å². The molecule has 0 aliphatic carbocycles. The third-order valence-electron chi connectivity index (χ3n) is 4.45. The zero-order valence-corrected chi connectivity index (χ0v) is 15.5. The predicted molar refractivity (Wildman–Crippen MR) is 103 cm³/mol. The lowest BCUT2D eigenvalue weighted by Gasteiger charge is -2.35. The first-order valence-electron chi connectivity index (χ1n) is 9.08. The van der Waals surface area contributed by atoms with Crippen LogP contribution in [0.1, 0.15) is 6.42 Å². The smallest absolute Gasteiger partial charge is 0.411 e. The van der Waals surface area contributed by atoms with E-state index in [-0.39, 0.29) is 0 Å². The summed E-state index contributed by atoms with van der Waals surface area (Å²) < 4.78 is 10.5. The molecular weight excluding hydrogens is 346 g/mol. The second-order valence-corrected chi connectivity index (χ2v) is 6.23. The van der Waals surface area contributed by atoms with Gasteiger partial charge in [0.15, 0.2) is 5.82 Å². The normalized spacial score (nSPS) is 14.6. The summed E-state index contributed by atoms with van der Waals surface area (Å²) in [5.41, 5.74) is 0.602. The van der Waals surface area contributed by atoms with Gasteiger partial charge >= 0.3 is 6.09 Å². The van der Waals surface area contributed by atoms with Crippen LogP contribution in [0.3, 0.4) is 0 Å². The Balaban J connectivity index is 1.32. The molecule has 0 saturated carbocycles. The van der Waals surface area contributed by atoms with Crippen LogP contribution in [0, 0.1) is 0 Å². The number of nitrogens with zero attached hydrogens (tertiary/aromatic N) is 4. The van der Waals surface area contributed by atoms with E-state index < -0.39 is 6.09 Å². The molecule has 1 aromatic heterocycles. The monoisotopic (exact) mass is 371 g/mol. The van der Waals surface area contributed by atoms with Gasteiger partial charge in [0.05, 0.1) is 19.4 Å². The minimum absolute atomic E-state index is 0.380. The van der Waals surface area contributed by atoms with E-state index in [9.17, 15) is 4.79 Å². The van der Waals surface area contributed by atoms with Gasteiger partial charge in [-0.05, 0) is 30.7 Å². The van der Waals surface area contributed by atoms with E-state index in [2.05, 4.69) is 25.3 Å². The maximum atomic E-state index is 11.9. The second kappa shape index (κ2) is 9.72. The van der Waals surface area contributed by atoms with Crippen LogP contribution in [-0.4, -0.2) is 67.6 Å². The van der Waals surface area contributed by atoms with Crippen molar-refractivity contribution < 1.29 is 14.3 Å². The van der Waals surface area contributed by atoms with E-state index in [4.69, 9.17) is 9.47 Å². The molecule has 8 heteroatoms. The van der Waals surface area contributed by atoms with E-state index >= 15 is 0 Å². The first kappa shape index (κ1) is 18.9. The minimum Gasteiger partial charge on any atom is -0.495 e. The first-order valence-corrected chi connectivity index (χ1v) is 9.08. The van der Waals surface area contributed by atoms with Gasteiger partial charge in [-0.15, -0.1) is 5.10 Å². The number of nitrogens with one attached hydrogen (secondary N) is 1. The van der Waals surface area contributed by atoms with Crippen LogP contribution in [0.2, 0.25) is 0 Å². The fraction of sp³-hybridized carbons (Fsp3) is 0.421. The Morgan fingerprint density at radius 3 is 2.70 bits per heavy atom. The molecule has 1 fully saturated rings. The molecule has 1 aromatic carbocycles. The predicted octanol–water partition coefficient (Wildman–Crippen LogP) is 2.25. The molecule has 1 aliphatic heterocycles. The van der Waals surface area contributed by atoms with Gasteiger partial charge in [0.25, 0.3) is 0 Å². The Kier molecular flexibility index (Phi) is 6.81. The third kappa shape index (κ3) is 5.55. The van der Waals surface area contributed by atoms with Crippen molar-refractivity contribution >= 4 is 17.6 Å². The standard InChI is InChI=1S/C19H25N5O3/c1-26-17-7-3-2-6-16(17)21-19(25)27-15-5-10-23-11-13-24(14-12-23)18-8-4-9-20-22-18/h2-4,6-9H,5,10-15H2,1H3,(H,21,25). The van der Waals surface area contributed by atoms with Crippen LogP contribution in [0.15, 0.2) is 42.6 Å². The number of hydrogen-bond acceptors (Lipinski definition) is 7. The van der Waals surface area contributed by atoms with E-state index in [1.165, 1.54) is 0 Å². The van der Waals surface area contributed by atoms with Crippen molar-refractivity contribution in [1.29, 1.82) is 0 Å². The molecule has 27 heavy (non-hydrogen) atoms. The Hall–Kier alpha value is -2.87. The molecule has 1 aliphatic rings. The molecule has 0 radical (unpaired) electrons. The number of anilines is 2. The molecule has 1 N–H and O–H groups in total. The number of amides is 1. The third-order valence-corrected chi connectivity index (χ3v) is 4.45. The molecule has 2 aromatic rings. The van der Waals surface area contributed by atoms with Gasteiger partial charge in [0, 0.05) is 38.9 Å². The Morgan fingerprint density at radius 2 is 1.96 bits per heavy atom. The number of carbonyl (C=O) groups excluding carboxylic acids is 1. The molecule has 0 unspecified atom stereocenters. The molecule has 0 bridgehead atoms. The van der Waals surface area contributed by atoms with Crippen molar-refractivity contribution in [3.8, 4) is 5.75 Å². The summed E-state index contributed by atoms with van der Waals surface area (Å²) in [5.74, 6) is 1.53. The number of carbonyl (C=O) groups is 1. The number of methoxy groups -OCH3 is 1. The lowest BCUT2D eigenvalue weighted by molar-refractivity contribution is 0.151. The average Bonchev–Trinajstić information content (AvgIpc) is 2.73. The Bertz CT molecular complexity index is 720. The number of para-hydroxylation sites is 2. The molecule has 8 nitrogen and oxygen atoms in total. The van der Waals surface area contributed by atoms with E-state index in [0.717, 1.165) is 45.0 Å². The van der Waals surface area contributed by atoms with Gasteiger partial charge in [0.1, 0.15) is 5.75 Å². The quantitative estimate of drug-likeness (QED) is 0.748. The van der Waals surface area contributed by atoms with E-state index in [1.807, 2.05) is 24.3 Å². The zero-order valence-electron chi connectivity index (χ0n) is 15.5. The molecule has 0 spiro atoms. The average molecular weight is 371 g/mol. The summed E-state index contributed by atoms with van der Waals surface area (Å²) in [6.45, 7) is 5.05. The van der Waals surface area contributed by atoms with Crippen molar-refractivity contribution in [2.75, 3.05) is 56.7 Å². The van der Waals surface area contributed by atoms with Gasteiger partial charge < -0.3 is 14.4 Å². The summed E-state index contributed by atoms with van der Waals surface area (Å²) in [6, 6.07) is 11.1. The number of aromatic nitrogens is 2. The zero-order chi connectivity index (χ0) is 18.9. The highest BCUT2D eigenvalue weighted by Gasteiger charge is 2.17. The SMILES string of the molecule is COc1ccccc1NC(=O)OCCCN1CCN(c2cccnn2)CC1. The summed E-state index contributed by atoms with van der Waals surface area (Å²) in [5, 5.41) is 10.8. The van der Waals surface area contributed by atoms with Gasteiger partial charge in [-0.2, -0.15) is 5.10 Å². The fourth-order valence-corrected chi connectivity index (χ4v) is 3.01. The fourth-order valence-electron chi connectivity index (χ4n) is 3.01. The number of rotatable bonds is 7. The molecular formula is C19H25N5O3. The summed E-state index contributed by atoms with van der Waals surface area (Å²) in [6.07, 6.45) is 2.01. The van der Waals surface area contributed by atoms with Crippen LogP contribution >= 0.6 is 0 Å². The molecule has 144 valence electrons. The van der Waals surface area contributed by atoms with Gasteiger partial charge in [-0.25, -0.2) is 4.79 Å². The van der Waals surface area contributed by atoms with Crippen LogP contribution < -0.4 is 15.0 Å². The summed E-state index contributed by atoms with van der Waals surface area (Å²) >= 11 is 0. The highest BCUT2D eigenvalue weighted by molar-refractivity contribution is 5.86. The second-order valence-electron chi connectivity index (χ2n) is 6.23. The highest BCUT2D eigenvalue weighted by Crippen LogP contribution is 2.23. The largest absolute Gasteiger partial charge is 0.495 e. The van der Waals surface area contributed by atoms with Crippen LogP contribution in [0.5, 0.6) is 5.75 Å². The number of hydrogen-bond donors (Lipinski definition) is 1. The van der Waals surface area contributed by atoms with Crippen molar-refractivity contribution in [1.82, 2.24) is 15.1 Å². The molecule has 3 rings (SSSR count). The maximum Gasteiger partial charge on any atom is 0.411 e. The summed E-state index contributed by atoms with van der Waals surface area (Å²) in [4.78, 5) is 16.5. The van der Waals surface area contributed by atoms with Gasteiger partial charge in [0.2, 0.25) is 0 Å². The molecule has 0 atom stereocenters. The minimum atomic E-state index is -0.466. The number of benzene rings is 1. The van der Waals surface area contributed by atoms with Crippen molar-refractivity contribution in [3.05, 3.63) is 42.6 Å². The van der Waals surface area contributed by atoms with Gasteiger partial charge in [-0.3, -0.25) is 10.2 Å². The van der Waals surface area contributed by atoms with Crippen LogP contribution in [0.25, 0.3) is 0 Å². The Morgan fingerprint density at radius 1 is 1.15 bits per heavy atom. The molecule has 1 saturated heterocycles. The lowest BCUT2D eigenvalue weighted by Crippen LogP contribution is -2.47. The Labute approximate surface area is 159 Å². The van der Waals surface area contributed by atoms with E-state index in [0.29, 0.717) is 18.0 Å². The molecule has 2 heterocycles. The maximum absolute atomic E-state index is 11.9. The van der Waals surface area contributed by atoms with E-state index in [1.54, 1.807) is 25.4 Å². The lowest BCUT2D eigenvalue weighted by atomic mass is 10.3. The number of piperazine rings is 1.